The van der Waals surface area contributed by atoms with Gasteiger partial charge in [0.25, 0.3) is 0 Å². The molecule has 0 amide bonds. The summed E-state index contributed by atoms with van der Waals surface area (Å²) in [7, 11) is -3.06. The highest BCUT2D eigenvalue weighted by Gasteiger charge is 2.22. The van der Waals surface area contributed by atoms with E-state index in [1.54, 1.807) is 4.72 Å². The summed E-state index contributed by atoms with van der Waals surface area (Å²) in [4.78, 5) is -0.918. The lowest BCUT2D eigenvalue weighted by atomic mass is 10.3. The molecular weight excluding hydrogens is 219 g/mol. The van der Waals surface area contributed by atoms with Gasteiger partial charge in [-0.25, -0.2) is 26.3 Å². The van der Waals surface area contributed by atoms with E-state index in [1.165, 1.54) is 0 Å². The summed E-state index contributed by atoms with van der Waals surface area (Å²) < 4.78 is 61.8. The van der Waals surface area contributed by atoms with E-state index in [0.29, 0.717) is 12.1 Å². The molecule has 0 aromatic heterocycles. The number of benzene rings is 1. The molecule has 0 atom stereocenters. The van der Waals surface area contributed by atoms with Crippen molar-refractivity contribution in [3.05, 3.63) is 29.6 Å². The number of nitrogens with one attached hydrogen (secondary N) is 1. The van der Waals surface area contributed by atoms with Crippen molar-refractivity contribution >= 4 is 10.0 Å². The van der Waals surface area contributed by atoms with Crippen LogP contribution in [0.1, 0.15) is 0 Å². The minimum atomic E-state index is -4.10. The molecule has 0 bridgehead atoms. The fourth-order valence-corrected chi connectivity index (χ4v) is 1.62. The first kappa shape index (κ1) is 11.0. The summed E-state index contributed by atoms with van der Waals surface area (Å²) >= 11 is 0. The number of hydrogen-bond donors (Lipinski definition) is 1. The molecule has 1 aromatic carbocycles. The highest BCUT2D eigenvalue weighted by atomic mass is 32.2. The molecule has 0 saturated heterocycles. The number of halogens is 3. The summed E-state index contributed by atoms with van der Waals surface area (Å²) in [6.45, 7) is 0. The molecule has 14 heavy (non-hydrogen) atoms. The van der Waals surface area contributed by atoms with Gasteiger partial charge in [0.1, 0.15) is 4.90 Å². The van der Waals surface area contributed by atoms with Gasteiger partial charge < -0.3 is 0 Å². The molecule has 0 aliphatic rings. The molecule has 3 nitrogen and oxygen atoms in total. The predicted molar refractivity (Wildman–Crippen MR) is 42.6 cm³/mol. The molecule has 0 fully saturated rings. The average Bonchev–Trinajstić information content (AvgIpc) is 2.14. The first-order chi connectivity index (χ1) is 6.40. The lowest BCUT2D eigenvalue weighted by Crippen LogP contribution is -2.20. The van der Waals surface area contributed by atoms with Crippen LogP contribution in [-0.4, -0.2) is 15.5 Å². The van der Waals surface area contributed by atoms with E-state index in [0.717, 1.165) is 7.05 Å². The minimum Gasteiger partial charge on any atom is -0.214 e. The molecule has 0 unspecified atom stereocenters. The van der Waals surface area contributed by atoms with Crippen molar-refractivity contribution in [2.24, 2.45) is 0 Å². The molecule has 0 heterocycles. The van der Waals surface area contributed by atoms with Gasteiger partial charge in [0.2, 0.25) is 10.0 Å². The number of rotatable bonds is 2. The highest BCUT2D eigenvalue weighted by Crippen LogP contribution is 2.18. The summed E-state index contributed by atoms with van der Waals surface area (Å²) in [6.07, 6.45) is 0. The molecule has 0 spiro atoms. The molecule has 1 rings (SSSR count). The van der Waals surface area contributed by atoms with Crippen LogP contribution >= 0.6 is 0 Å². The number of sulfonamides is 1. The molecule has 0 saturated carbocycles. The molecule has 78 valence electrons. The van der Waals surface area contributed by atoms with Crippen molar-refractivity contribution in [2.45, 2.75) is 4.90 Å². The summed E-state index contributed by atoms with van der Waals surface area (Å²) in [5.41, 5.74) is 0. The van der Waals surface area contributed by atoms with Crippen molar-refractivity contribution in [1.29, 1.82) is 0 Å². The summed E-state index contributed by atoms with van der Waals surface area (Å²) in [5, 5.41) is 0. The van der Waals surface area contributed by atoms with Gasteiger partial charge in [-0.05, 0) is 19.2 Å². The van der Waals surface area contributed by atoms with Gasteiger partial charge in [0, 0.05) is 0 Å². The van der Waals surface area contributed by atoms with E-state index in [2.05, 4.69) is 0 Å². The zero-order chi connectivity index (χ0) is 10.9. The Labute approximate surface area is 78.6 Å². The Bertz CT molecular complexity index is 458. The van der Waals surface area contributed by atoms with E-state index in [4.69, 9.17) is 0 Å². The largest absolute Gasteiger partial charge is 0.243 e. The summed E-state index contributed by atoms with van der Waals surface area (Å²) in [6, 6.07) is 1.20. The van der Waals surface area contributed by atoms with Crippen LogP contribution in [0.25, 0.3) is 0 Å². The average molecular weight is 225 g/mol. The van der Waals surface area contributed by atoms with Gasteiger partial charge >= 0.3 is 0 Å². The first-order valence-electron chi connectivity index (χ1n) is 3.47. The monoisotopic (exact) mass is 225 g/mol. The van der Waals surface area contributed by atoms with Gasteiger partial charge in [-0.3, -0.25) is 0 Å². The van der Waals surface area contributed by atoms with Crippen molar-refractivity contribution in [3.63, 3.8) is 0 Å². The van der Waals surface area contributed by atoms with E-state index < -0.39 is 32.4 Å². The van der Waals surface area contributed by atoms with Gasteiger partial charge in [0.15, 0.2) is 17.5 Å². The van der Waals surface area contributed by atoms with Gasteiger partial charge in [-0.15, -0.1) is 0 Å². The van der Waals surface area contributed by atoms with Gasteiger partial charge in [-0.1, -0.05) is 0 Å². The van der Waals surface area contributed by atoms with E-state index in [1.807, 2.05) is 0 Å². The molecular formula is C7H6F3NO2S. The molecule has 0 aliphatic heterocycles. The van der Waals surface area contributed by atoms with Crippen LogP contribution in [0.5, 0.6) is 0 Å². The molecule has 7 heteroatoms. The van der Waals surface area contributed by atoms with Crippen molar-refractivity contribution < 1.29 is 21.6 Å². The Morgan fingerprint density at radius 3 is 2.21 bits per heavy atom. The van der Waals surface area contributed by atoms with Crippen LogP contribution in [0.3, 0.4) is 0 Å². The lowest BCUT2D eigenvalue weighted by Gasteiger charge is -2.04. The fourth-order valence-electron chi connectivity index (χ4n) is 0.826. The zero-order valence-corrected chi connectivity index (χ0v) is 7.83. The number of hydrogen-bond acceptors (Lipinski definition) is 2. The Hall–Kier alpha value is -1.08. The van der Waals surface area contributed by atoms with Crippen molar-refractivity contribution in [1.82, 2.24) is 4.72 Å². The lowest BCUT2D eigenvalue weighted by molar-refractivity contribution is 0.432. The highest BCUT2D eigenvalue weighted by molar-refractivity contribution is 7.89. The molecule has 0 aliphatic carbocycles. The van der Waals surface area contributed by atoms with Crippen LogP contribution in [-0.2, 0) is 10.0 Å². The second-order valence-corrected chi connectivity index (χ2v) is 4.24. The van der Waals surface area contributed by atoms with Gasteiger partial charge in [0.05, 0.1) is 0 Å². The fraction of sp³-hybridized carbons (Fsp3) is 0.143. The third kappa shape index (κ3) is 1.73. The van der Waals surface area contributed by atoms with E-state index in [-0.39, 0.29) is 0 Å². The predicted octanol–water partition coefficient (Wildman–Crippen LogP) is 1.01. The van der Waals surface area contributed by atoms with E-state index >= 15 is 0 Å². The topological polar surface area (TPSA) is 46.2 Å². The first-order valence-corrected chi connectivity index (χ1v) is 4.95. The second-order valence-electron chi connectivity index (χ2n) is 2.38. The third-order valence-electron chi connectivity index (χ3n) is 1.56. The Morgan fingerprint density at radius 2 is 1.71 bits per heavy atom. The SMILES string of the molecule is CNS(=O)(=O)c1ccc(F)c(F)c1F. The second kappa shape index (κ2) is 3.58. The summed E-state index contributed by atoms with van der Waals surface area (Å²) in [5.74, 6) is -4.96. The quantitative estimate of drug-likeness (QED) is 0.763. The van der Waals surface area contributed by atoms with Crippen molar-refractivity contribution in [2.75, 3.05) is 7.05 Å². The Balaban J connectivity index is 3.47. The van der Waals surface area contributed by atoms with Crippen LogP contribution in [0.15, 0.2) is 17.0 Å². The maximum atomic E-state index is 12.9. The maximum Gasteiger partial charge on any atom is 0.243 e. The Morgan fingerprint density at radius 1 is 1.14 bits per heavy atom. The van der Waals surface area contributed by atoms with Crippen LogP contribution in [0, 0.1) is 17.5 Å². The van der Waals surface area contributed by atoms with Crippen LogP contribution in [0.2, 0.25) is 0 Å². The normalized spacial score (nSPS) is 11.7. The maximum absolute atomic E-state index is 12.9. The van der Waals surface area contributed by atoms with Crippen molar-refractivity contribution in [3.8, 4) is 0 Å². The minimum absolute atomic E-state index is 0.544. The Kier molecular flexibility index (Phi) is 2.81. The smallest absolute Gasteiger partial charge is 0.214 e. The van der Waals surface area contributed by atoms with Gasteiger partial charge in [-0.2, -0.15) is 0 Å². The molecule has 0 radical (unpaired) electrons. The standard InChI is InChI=1S/C7H6F3NO2S/c1-11-14(12,13)5-3-2-4(8)6(9)7(5)10/h2-3,11H,1H3. The third-order valence-corrected chi connectivity index (χ3v) is 2.99. The van der Waals surface area contributed by atoms with E-state index in [9.17, 15) is 21.6 Å². The van der Waals surface area contributed by atoms with Crippen LogP contribution < -0.4 is 4.72 Å². The van der Waals surface area contributed by atoms with Crippen LogP contribution in [0.4, 0.5) is 13.2 Å². The zero-order valence-electron chi connectivity index (χ0n) is 7.01. The molecule has 1 N–H and O–H groups in total. The molecule has 1 aromatic rings.